The maximum Gasteiger partial charge on any atom is 0.242 e. The number of aromatic amines is 1. The molecule has 0 aliphatic carbocycles. The number of hydrogen-bond donors (Lipinski definition) is 2. The number of halogens is 1. The summed E-state index contributed by atoms with van der Waals surface area (Å²) in [6, 6.07) is 11.4. The minimum Gasteiger partial charge on any atom is -0.383 e. The van der Waals surface area contributed by atoms with Crippen LogP contribution in [0.15, 0.2) is 42.7 Å². The van der Waals surface area contributed by atoms with Crippen molar-refractivity contribution in [1.29, 1.82) is 0 Å². The van der Waals surface area contributed by atoms with Crippen LogP contribution in [0.1, 0.15) is 16.8 Å². The Kier molecular flexibility index (Phi) is 6.12. The molecule has 1 saturated heterocycles. The van der Waals surface area contributed by atoms with Crippen LogP contribution in [0.3, 0.4) is 0 Å². The van der Waals surface area contributed by atoms with E-state index in [2.05, 4.69) is 26.8 Å². The van der Waals surface area contributed by atoms with E-state index in [1.165, 1.54) is 6.33 Å². The molecule has 3 N–H and O–H groups in total. The zero-order chi connectivity index (χ0) is 23.8. The summed E-state index contributed by atoms with van der Waals surface area (Å²) in [6.45, 7) is 4.95. The van der Waals surface area contributed by atoms with Crippen molar-refractivity contribution in [2.75, 3.05) is 32.5 Å². The van der Waals surface area contributed by atoms with Crippen LogP contribution in [-0.2, 0) is 22.6 Å². The Labute approximate surface area is 202 Å². The predicted octanol–water partition coefficient (Wildman–Crippen LogP) is 3.51. The van der Waals surface area contributed by atoms with Gasteiger partial charge >= 0.3 is 0 Å². The molecule has 1 amide bonds. The summed E-state index contributed by atoms with van der Waals surface area (Å²) in [6.07, 6.45) is 1.46. The molecule has 2 aromatic heterocycles. The molecule has 3 heterocycles. The number of fused-ring (bicyclic) bond motifs is 2. The average Bonchev–Trinajstić information content (AvgIpc) is 3.13. The number of piperazine rings is 1. The highest BCUT2D eigenvalue weighted by atomic mass is 35.5. The molecule has 34 heavy (non-hydrogen) atoms. The lowest BCUT2D eigenvalue weighted by molar-refractivity contribution is -0.145. The van der Waals surface area contributed by atoms with E-state index in [-0.39, 0.29) is 11.9 Å². The van der Waals surface area contributed by atoms with Gasteiger partial charge in [-0.2, -0.15) is 0 Å². The molecule has 0 radical (unpaired) electrons. The van der Waals surface area contributed by atoms with E-state index in [4.69, 9.17) is 22.1 Å². The summed E-state index contributed by atoms with van der Waals surface area (Å²) < 4.78 is 5.45. The third-order valence-electron chi connectivity index (χ3n) is 6.61. The Morgan fingerprint density at radius 2 is 2.00 bits per heavy atom. The molecule has 8 nitrogen and oxygen atoms in total. The topological polar surface area (TPSA) is 100 Å². The van der Waals surface area contributed by atoms with Gasteiger partial charge < -0.3 is 20.4 Å². The van der Waals surface area contributed by atoms with Gasteiger partial charge in [0.05, 0.1) is 12.1 Å². The highest BCUT2D eigenvalue weighted by molar-refractivity contribution is 6.31. The summed E-state index contributed by atoms with van der Waals surface area (Å²) in [7, 11) is 1.63. The Morgan fingerprint density at radius 3 is 2.82 bits per heavy atom. The van der Waals surface area contributed by atoms with Crippen molar-refractivity contribution in [2.24, 2.45) is 0 Å². The first-order valence-corrected chi connectivity index (χ1v) is 11.6. The van der Waals surface area contributed by atoms with E-state index in [0.29, 0.717) is 37.1 Å². The SMILES string of the molecule is COC[C@H]1C(=O)N(Cc2ccc3c(N)ncnc3c2)CCN1Cc1[nH]c2ccc(Cl)cc2c1C. The molecule has 5 rings (SSSR count). The van der Waals surface area contributed by atoms with Crippen molar-refractivity contribution < 1.29 is 9.53 Å². The number of ether oxygens (including phenoxy) is 1. The molecular formula is C25H27ClN6O2. The van der Waals surface area contributed by atoms with Crippen LogP contribution in [-0.4, -0.2) is 63.5 Å². The minimum atomic E-state index is -0.355. The molecule has 1 aliphatic rings. The Bertz CT molecular complexity index is 1370. The fraction of sp³-hybridized carbons (Fsp3) is 0.320. The zero-order valence-corrected chi connectivity index (χ0v) is 20.0. The summed E-state index contributed by atoms with van der Waals surface area (Å²) in [5.41, 5.74) is 11.0. The Balaban J connectivity index is 1.35. The van der Waals surface area contributed by atoms with Crippen molar-refractivity contribution in [3.05, 3.63) is 64.6 Å². The largest absolute Gasteiger partial charge is 0.383 e. The third kappa shape index (κ3) is 4.20. The number of benzene rings is 2. The van der Waals surface area contributed by atoms with E-state index < -0.39 is 0 Å². The number of anilines is 1. The number of aryl methyl sites for hydroxylation is 1. The van der Waals surface area contributed by atoms with Gasteiger partial charge in [-0.15, -0.1) is 0 Å². The molecule has 1 atom stereocenters. The first kappa shape index (κ1) is 22.6. The van der Waals surface area contributed by atoms with Crippen LogP contribution in [0, 0.1) is 6.92 Å². The molecule has 9 heteroatoms. The molecule has 0 spiro atoms. The number of rotatable bonds is 6. The Hall–Kier alpha value is -3.20. The standard InChI is InChI=1S/C25H27ClN6O2/c1-15-19-10-17(26)4-6-20(19)30-22(15)12-31-7-8-32(25(33)23(31)13-34-2)11-16-3-5-18-21(9-16)28-14-29-24(18)27/h3-6,9-10,14,23,30H,7-8,11-13H2,1-2H3,(H2,27,28,29)/t23-/m0/s1. The number of nitrogens with two attached hydrogens (primary N) is 1. The summed E-state index contributed by atoms with van der Waals surface area (Å²) in [5, 5.41) is 2.64. The number of aromatic nitrogens is 3. The smallest absolute Gasteiger partial charge is 0.242 e. The monoisotopic (exact) mass is 478 g/mol. The Morgan fingerprint density at radius 1 is 1.15 bits per heavy atom. The molecule has 1 fully saturated rings. The normalized spacial score (nSPS) is 17.2. The second-order valence-corrected chi connectivity index (χ2v) is 9.17. The number of nitrogens with zero attached hydrogens (tertiary/aromatic N) is 4. The lowest BCUT2D eigenvalue weighted by atomic mass is 10.1. The van der Waals surface area contributed by atoms with Crippen LogP contribution in [0.5, 0.6) is 0 Å². The first-order chi connectivity index (χ1) is 16.4. The molecule has 0 unspecified atom stereocenters. The van der Waals surface area contributed by atoms with Gasteiger partial charge in [-0.3, -0.25) is 9.69 Å². The van der Waals surface area contributed by atoms with Crippen molar-refractivity contribution in [1.82, 2.24) is 24.8 Å². The maximum absolute atomic E-state index is 13.5. The lowest BCUT2D eigenvalue weighted by Crippen LogP contribution is -2.57. The van der Waals surface area contributed by atoms with Crippen molar-refractivity contribution >= 4 is 45.1 Å². The van der Waals surface area contributed by atoms with E-state index in [1.54, 1.807) is 7.11 Å². The second-order valence-electron chi connectivity index (χ2n) is 8.73. The predicted molar refractivity (Wildman–Crippen MR) is 133 cm³/mol. The van der Waals surface area contributed by atoms with Gasteiger partial charge in [0.25, 0.3) is 0 Å². The van der Waals surface area contributed by atoms with Gasteiger partial charge in [0.1, 0.15) is 18.2 Å². The van der Waals surface area contributed by atoms with Gasteiger partial charge in [-0.05, 0) is 48.4 Å². The molecule has 4 aromatic rings. The number of H-pyrrole nitrogens is 1. The summed E-state index contributed by atoms with van der Waals surface area (Å²) in [4.78, 5) is 29.4. The minimum absolute atomic E-state index is 0.0622. The first-order valence-electron chi connectivity index (χ1n) is 11.2. The fourth-order valence-corrected chi connectivity index (χ4v) is 4.89. The highest BCUT2D eigenvalue weighted by Crippen LogP contribution is 2.27. The van der Waals surface area contributed by atoms with E-state index in [0.717, 1.165) is 45.2 Å². The molecule has 0 saturated carbocycles. The number of nitrogens with one attached hydrogen (secondary N) is 1. The van der Waals surface area contributed by atoms with Gasteiger partial charge in [-0.25, -0.2) is 9.97 Å². The average molecular weight is 479 g/mol. The number of carbonyl (C=O) groups excluding carboxylic acids is 1. The van der Waals surface area contributed by atoms with Crippen LogP contribution in [0.4, 0.5) is 5.82 Å². The fourth-order valence-electron chi connectivity index (χ4n) is 4.72. The van der Waals surface area contributed by atoms with Crippen LogP contribution in [0.25, 0.3) is 21.8 Å². The summed E-state index contributed by atoms with van der Waals surface area (Å²) >= 11 is 6.19. The lowest BCUT2D eigenvalue weighted by Gasteiger charge is -2.40. The highest BCUT2D eigenvalue weighted by Gasteiger charge is 2.35. The number of amides is 1. The van der Waals surface area contributed by atoms with Gasteiger partial charge in [0.15, 0.2) is 0 Å². The quantitative estimate of drug-likeness (QED) is 0.440. The van der Waals surface area contributed by atoms with Crippen molar-refractivity contribution in [2.45, 2.75) is 26.1 Å². The number of nitrogen functional groups attached to an aromatic ring is 1. The second kappa shape index (κ2) is 9.21. The molecule has 0 bridgehead atoms. The van der Waals surface area contributed by atoms with Gasteiger partial charge in [0.2, 0.25) is 5.91 Å². The molecule has 2 aromatic carbocycles. The van der Waals surface area contributed by atoms with E-state index in [1.807, 2.05) is 41.3 Å². The van der Waals surface area contributed by atoms with Crippen LogP contribution < -0.4 is 5.73 Å². The van der Waals surface area contributed by atoms with Gasteiger partial charge in [0, 0.05) is 60.3 Å². The van der Waals surface area contributed by atoms with E-state index in [9.17, 15) is 4.79 Å². The van der Waals surface area contributed by atoms with E-state index >= 15 is 0 Å². The van der Waals surface area contributed by atoms with Crippen molar-refractivity contribution in [3.8, 4) is 0 Å². The van der Waals surface area contributed by atoms with Crippen LogP contribution in [0.2, 0.25) is 5.02 Å². The maximum atomic E-state index is 13.5. The van der Waals surface area contributed by atoms with Crippen molar-refractivity contribution in [3.63, 3.8) is 0 Å². The molecule has 1 aliphatic heterocycles. The zero-order valence-electron chi connectivity index (χ0n) is 19.2. The number of hydrogen-bond acceptors (Lipinski definition) is 6. The number of methoxy groups -OCH3 is 1. The summed E-state index contributed by atoms with van der Waals surface area (Å²) in [5.74, 6) is 0.517. The number of carbonyl (C=O) groups is 1. The molecular weight excluding hydrogens is 452 g/mol. The van der Waals surface area contributed by atoms with Gasteiger partial charge in [-0.1, -0.05) is 17.7 Å². The molecule has 176 valence electrons. The third-order valence-corrected chi connectivity index (χ3v) is 6.84. The van der Waals surface area contributed by atoms with Crippen LogP contribution >= 0.6 is 11.6 Å².